The lowest BCUT2D eigenvalue weighted by Crippen LogP contribution is -2.34. The van der Waals surface area contributed by atoms with Gasteiger partial charge in [-0.25, -0.2) is 8.42 Å². The fourth-order valence-corrected chi connectivity index (χ4v) is 6.01. The molecule has 1 aromatic carbocycles. The number of halogens is 1. The van der Waals surface area contributed by atoms with Gasteiger partial charge < -0.3 is 0 Å². The number of aliphatic imine (C=N–C) groups is 1. The van der Waals surface area contributed by atoms with E-state index in [1.807, 2.05) is 18.2 Å². The van der Waals surface area contributed by atoms with Gasteiger partial charge in [-0.3, -0.25) is 4.99 Å². The molecule has 0 aromatic heterocycles. The molecule has 1 aromatic rings. The van der Waals surface area contributed by atoms with Gasteiger partial charge in [-0.05, 0) is 50.2 Å². The van der Waals surface area contributed by atoms with Crippen molar-refractivity contribution in [3.63, 3.8) is 0 Å². The van der Waals surface area contributed by atoms with E-state index in [1.165, 1.54) is 12.0 Å². The van der Waals surface area contributed by atoms with E-state index in [-0.39, 0.29) is 18.2 Å². The summed E-state index contributed by atoms with van der Waals surface area (Å²) in [5.74, 6) is 0.123. The number of rotatable bonds is 4. The highest BCUT2D eigenvalue weighted by Gasteiger charge is 2.39. The van der Waals surface area contributed by atoms with Crippen molar-refractivity contribution < 1.29 is 8.42 Å². The van der Waals surface area contributed by atoms with Crippen molar-refractivity contribution in [3.8, 4) is 0 Å². The molecule has 0 saturated heterocycles. The summed E-state index contributed by atoms with van der Waals surface area (Å²) in [6.07, 6.45) is 9.21. The van der Waals surface area contributed by atoms with E-state index in [0.717, 1.165) is 49.8 Å². The monoisotopic (exact) mass is 381 g/mol. The van der Waals surface area contributed by atoms with Gasteiger partial charge in [-0.2, -0.15) is 0 Å². The predicted molar refractivity (Wildman–Crippen MR) is 107 cm³/mol. The van der Waals surface area contributed by atoms with E-state index in [1.54, 1.807) is 6.07 Å². The minimum absolute atomic E-state index is 0. The topological polar surface area (TPSA) is 46.5 Å². The van der Waals surface area contributed by atoms with E-state index in [9.17, 15) is 8.42 Å². The first-order valence-electron chi connectivity index (χ1n) is 9.13. The molecule has 5 heteroatoms. The fourth-order valence-electron chi connectivity index (χ4n) is 3.94. The quantitative estimate of drug-likeness (QED) is 0.725. The molecule has 1 aliphatic carbocycles. The molecule has 0 saturated carbocycles. The van der Waals surface area contributed by atoms with Crippen molar-refractivity contribution in [2.45, 2.75) is 69.2 Å². The van der Waals surface area contributed by atoms with Crippen LogP contribution >= 0.6 is 12.4 Å². The summed E-state index contributed by atoms with van der Waals surface area (Å²) in [5, 5.41) is 0. The van der Waals surface area contributed by atoms with Crippen LogP contribution in [0.5, 0.6) is 0 Å². The highest BCUT2D eigenvalue weighted by atomic mass is 35.5. The van der Waals surface area contributed by atoms with Crippen LogP contribution in [0.1, 0.15) is 64.4 Å². The Hall–Kier alpha value is -1.13. The van der Waals surface area contributed by atoms with E-state index < -0.39 is 15.4 Å². The number of benzene rings is 1. The van der Waals surface area contributed by atoms with Crippen LogP contribution in [0.15, 0.2) is 45.8 Å². The Balaban J connectivity index is 0.00000225. The largest absolute Gasteiger partial charge is 0.277 e. The Kier molecular flexibility index (Phi) is 6.50. The molecule has 1 heterocycles. The molecular weight excluding hydrogens is 354 g/mol. The zero-order chi connectivity index (χ0) is 17.2. The molecule has 1 atom stereocenters. The first-order valence-corrected chi connectivity index (χ1v) is 10.8. The molecule has 1 aliphatic heterocycles. The second kappa shape index (κ2) is 8.05. The highest BCUT2D eigenvalue weighted by Crippen LogP contribution is 2.36. The molecule has 3 rings (SSSR count). The zero-order valence-electron chi connectivity index (χ0n) is 15.1. The summed E-state index contributed by atoms with van der Waals surface area (Å²) >= 11 is 0. The molecule has 0 bridgehead atoms. The SMILES string of the molecule is CCCC1(CC)CS(=O)(=O)c2ccccc2C(C2=CCCCC2)=N1.Cl. The van der Waals surface area contributed by atoms with Crippen LogP contribution in [-0.4, -0.2) is 25.4 Å². The predicted octanol–water partition coefficient (Wildman–Crippen LogP) is 5.13. The third-order valence-corrected chi connectivity index (χ3v) is 7.20. The Morgan fingerprint density at radius 1 is 1.16 bits per heavy atom. The third-order valence-electron chi connectivity index (χ3n) is 5.25. The molecule has 0 spiro atoms. The van der Waals surface area contributed by atoms with Crippen LogP contribution in [0, 0.1) is 0 Å². The van der Waals surface area contributed by atoms with Crippen molar-refractivity contribution in [2.24, 2.45) is 4.99 Å². The smallest absolute Gasteiger partial charge is 0.181 e. The second-order valence-corrected chi connectivity index (χ2v) is 8.98. The van der Waals surface area contributed by atoms with Gasteiger partial charge in [0, 0.05) is 5.56 Å². The van der Waals surface area contributed by atoms with E-state index in [0.29, 0.717) is 4.90 Å². The summed E-state index contributed by atoms with van der Waals surface area (Å²) in [4.78, 5) is 5.60. The van der Waals surface area contributed by atoms with E-state index in [2.05, 4.69) is 19.9 Å². The van der Waals surface area contributed by atoms with E-state index >= 15 is 0 Å². The molecule has 25 heavy (non-hydrogen) atoms. The van der Waals surface area contributed by atoms with E-state index in [4.69, 9.17) is 4.99 Å². The van der Waals surface area contributed by atoms with Crippen molar-refractivity contribution in [1.82, 2.24) is 0 Å². The van der Waals surface area contributed by atoms with Crippen LogP contribution in [0.3, 0.4) is 0 Å². The van der Waals surface area contributed by atoms with Crippen molar-refractivity contribution >= 4 is 28.0 Å². The Bertz CT molecular complexity index is 783. The van der Waals surface area contributed by atoms with Gasteiger partial charge in [0.2, 0.25) is 0 Å². The zero-order valence-corrected chi connectivity index (χ0v) is 16.8. The van der Waals surface area contributed by atoms with Gasteiger partial charge in [0.05, 0.1) is 21.9 Å². The van der Waals surface area contributed by atoms with Crippen molar-refractivity contribution in [1.29, 1.82) is 0 Å². The average molecular weight is 382 g/mol. The molecule has 0 amide bonds. The highest BCUT2D eigenvalue weighted by molar-refractivity contribution is 7.91. The maximum atomic E-state index is 13.1. The van der Waals surface area contributed by atoms with Crippen LogP contribution in [0.25, 0.3) is 0 Å². The van der Waals surface area contributed by atoms with Gasteiger partial charge >= 0.3 is 0 Å². The molecule has 3 nitrogen and oxygen atoms in total. The van der Waals surface area contributed by atoms with Gasteiger partial charge in [-0.1, -0.05) is 44.5 Å². The minimum Gasteiger partial charge on any atom is -0.277 e. The lowest BCUT2D eigenvalue weighted by molar-refractivity contribution is 0.416. The van der Waals surface area contributed by atoms with Crippen LogP contribution in [0.2, 0.25) is 0 Å². The lowest BCUT2D eigenvalue weighted by Gasteiger charge is -2.28. The molecule has 2 aliphatic rings. The van der Waals surface area contributed by atoms with Crippen LogP contribution in [-0.2, 0) is 9.84 Å². The Morgan fingerprint density at radius 2 is 1.92 bits per heavy atom. The molecule has 0 radical (unpaired) electrons. The molecule has 1 unspecified atom stereocenters. The average Bonchev–Trinajstić information content (AvgIpc) is 2.69. The normalized spacial score (nSPS) is 25.0. The summed E-state index contributed by atoms with van der Waals surface area (Å²) < 4.78 is 26.2. The van der Waals surface area contributed by atoms with Gasteiger partial charge in [0.15, 0.2) is 9.84 Å². The van der Waals surface area contributed by atoms with Crippen LogP contribution < -0.4 is 0 Å². The maximum Gasteiger partial charge on any atom is 0.181 e. The number of hydrogen-bond acceptors (Lipinski definition) is 3. The third kappa shape index (κ3) is 4.01. The maximum absolute atomic E-state index is 13.1. The van der Waals surface area contributed by atoms with Gasteiger partial charge in [0.1, 0.15) is 0 Å². The number of nitrogens with zero attached hydrogens (tertiary/aromatic N) is 1. The van der Waals surface area contributed by atoms with Crippen molar-refractivity contribution in [2.75, 3.05) is 5.75 Å². The molecular formula is C20H28ClNO2S. The standard InChI is InChI=1S/C20H27NO2S.ClH/c1-3-14-20(4-2)15-24(22,23)18-13-9-8-12-17(18)19(21-20)16-10-6-5-7-11-16;/h8-10,12-13H,3-7,11,14-15H2,1-2H3;1H. The molecule has 0 N–H and O–H groups in total. The number of allylic oxidation sites excluding steroid dienone is 2. The Morgan fingerprint density at radius 3 is 2.56 bits per heavy atom. The summed E-state index contributed by atoms with van der Waals surface area (Å²) in [7, 11) is -3.33. The summed E-state index contributed by atoms with van der Waals surface area (Å²) in [6, 6.07) is 7.42. The molecule has 138 valence electrons. The molecule has 0 fully saturated rings. The number of sulfone groups is 1. The number of fused-ring (bicyclic) bond motifs is 1. The lowest BCUT2D eigenvalue weighted by atomic mass is 9.89. The fraction of sp³-hybridized carbons (Fsp3) is 0.550. The minimum atomic E-state index is -3.33. The Labute approximate surface area is 158 Å². The van der Waals surface area contributed by atoms with Crippen LogP contribution in [0.4, 0.5) is 0 Å². The van der Waals surface area contributed by atoms with Gasteiger partial charge in [0.25, 0.3) is 0 Å². The van der Waals surface area contributed by atoms with Gasteiger partial charge in [-0.15, -0.1) is 12.4 Å². The first kappa shape index (κ1) is 20.2. The van der Waals surface area contributed by atoms with Crippen molar-refractivity contribution in [3.05, 3.63) is 41.5 Å². The second-order valence-electron chi connectivity index (χ2n) is 7.02. The number of hydrogen-bond donors (Lipinski definition) is 0. The summed E-state index contributed by atoms with van der Waals surface area (Å²) in [5.41, 5.74) is 2.47. The first-order chi connectivity index (χ1) is 11.5. The summed E-state index contributed by atoms with van der Waals surface area (Å²) in [6.45, 7) is 4.18.